The fourth-order valence-corrected chi connectivity index (χ4v) is 2.98. The molecular weight excluding hydrogens is 256 g/mol. The zero-order chi connectivity index (χ0) is 14.9. The van der Waals surface area contributed by atoms with E-state index in [2.05, 4.69) is 54.2 Å². The average Bonchev–Trinajstić information content (AvgIpc) is 3.05. The molecule has 0 bridgehead atoms. The first-order valence-electron chi connectivity index (χ1n) is 8.28. The fraction of sp³-hybridized carbons (Fsp3) is 0.526. The second-order valence-corrected chi connectivity index (χ2v) is 6.00. The van der Waals surface area contributed by atoms with Crippen LogP contribution in [0.15, 0.2) is 40.3 Å². The van der Waals surface area contributed by atoms with E-state index in [-0.39, 0.29) is 0 Å². The van der Waals surface area contributed by atoms with Gasteiger partial charge >= 0.3 is 0 Å². The van der Waals surface area contributed by atoms with Crippen molar-refractivity contribution in [1.29, 1.82) is 0 Å². The van der Waals surface area contributed by atoms with Crippen molar-refractivity contribution >= 4 is 12.4 Å². The van der Waals surface area contributed by atoms with Gasteiger partial charge in [0.2, 0.25) is 6.17 Å². The molecule has 0 aliphatic carbocycles. The van der Waals surface area contributed by atoms with Gasteiger partial charge in [-0.15, -0.1) is 0 Å². The summed E-state index contributed by atoms with van der Waals surface area (Å²) in [5.74, 6) is 1.06. The van der Waals surface area contributed by atoms with Crippen LogP contribution in [-0.4, -0.2) is 12.4 Å². The summed E-state index contributed by atoms with van der Waals surface area (Å²) >= 11 is 0. The molecule has 1 aromatic carbocycles. The van der Waals surface area contributed by atoms with Gasteiger partial charge < -0.3 is 0 Å². The van der Waals surface area contributed by atoms with Crippen molar-refractivity contribution < 1.29 is 0 Å². The summed E-state index contributed by atoms with van der Waals surface area (Å²) in [5.41, 5.74) is 1.43. The Hall–Kier alpha value is -1.57. The van der Waals surface area contributed by atoms with Gasteiger partial charge in [-0.2, -0.15) is 0 Å². The molecule has 1 aliphatic rings. The largest absolute Gasteiger partial charge is 0.243 e. The van der Waals surface area contributed by atoms with Gasteiger partial charge in [-0.1, -0.05) is 72.9 Å². The van der Waals surface area contributed by atoms with E-state index in [1.54, 1.807) is 0 Å². The van der Waals surface area contributed by atoms with E-state index in [0.717, 1.165) is 12.6 Å². The highest BCUT2D eigenvalue weighted by Crippen LogP contribution is 2.32. The van der Waals surface area contributed by atoms with Crippen molar-refractivity contribution in [2.75, 3.05) is 0 Å². The minimum absolute atomic E-state index is 0.432. The maximum Gasteiger partial charge on any atom is 0.243 e. The Balaban J connectivity index is 1.95. The Bertz CT molecular complexity index is 438. The lowest BCUT2D eigenvalue weighted by Gasteiger charge is -2.22. The molecule has 2 unspecified atom stereocenters. The van der Waals surface area contributed by atoms with Crippen LogP contribution in [0.3, 0.4) is 0 Å². The highest BCUT2D eigenvalue weighted by Gasteiger charge is 2.31. The molecule has 2 heteroatoms. The third-order valence-electron chi connectivity index (χ3n) is 4.36. The maximum absolute atomic E-state index is 4.41. The molecule has 2 rings (SSSR count). The van der Waals surface area contributed by atoms with E-state index in [4.69, 9.17) is 0 Å². The molecule has 0 N–H and O–H groups in total. The van der Waals surface area contributed by atoms with Crippen molar-refractivity contribution in [1.82, 2.24) is 0 Å². The predicted molar refractivity (Wildman–Crippen MR) is 91.8 cm³/mol. The van der Waals surface area contributed by atoms with Gasteiger partial charge in [-0.3, -0.25) is 0 Å². The summed E-state index contributed by atoms with van der Waals surface area (Å²) in [4.78, 5) is 8.82. The van der Waals surface area contributed by atoms with Gasteiger partial charge in [-0.25, -0.2) is 0 Å². The zero-order valence-corrected chi connectivity index (χ0v) is 13.3. The van der Waals surface area contributed by atoms with Crippen LogP contribution in [0.5, 0.6) is 0 Å². The van der Waals surface area contributed by atoms with Gasteiger partial charge in [-0.05, 0) is 31.2 Å². The van der Waals surface area contributed by atoms with Crippen molar-refractivity contribution in [3.05, 3.63) is 42.1 Å². The van der Waals surface area contributed by atoms with Crippen LogP contribution in [0, 0.1) is 18.0 Å². The lowest BCUT2D eigenvalue weighted by molar-refractivity contribution is 0.329. The third-order valence-corrected chi connectivity index (χ3v) is 4.36. The van der Waals surface area contributed by atoms with E-state index in [9.17, 15) is 0 Å². The van der Waals surface area contributed by atoms with Crippen LogP contribution in [0.25, 0.3) is 0 Å². The minimum atomic E-state index is 0.432. The summed E-state index contributed by atoms with van der Waals surface area (Å²) in [6.07, 6.45) is 12.3. The van der Waals surface area contributed by atoms with Crippen LogP contribution >= 0.6 is 0 Å². The number of unbranched alkanes of at least 4 members (excludes halogenated alkanes) is 3. The molecule has 112 valence electrons. The highest BCUT2D eigenvalue weighted by molar-refractivity contribution is 6.18. The Morgan fingerprint density at radius 1 is 1.00 bits per heavy atom. The third kappa shape index (κ3) is 5.04. The lowest BCUT2D eigenvalue weighted by atomic mass is 9.82. The Morgan fingerprint density at radius 3 is 2.38 bits per heavy atom. The van der Waals surface area contributed by atoms with Crippen LogP contribution in [0.1, 0.15) is 51.5 Å². The smallest absolute Gasteiger partial charge is 0.0965 e. The summed E-state index contributed by atoms with van der Waals surface area (Å²) in [7, 11) is 0. The van der Waals surface area contributed by atoms with Gasteiger partial charge in [0.25, 0.3) is 0 Å². The van der Waals surface area contributed by atoms with Crippen LogP contribution in [-0.2, 0) is 6.42 Å². The first-order valence-corrected chi connectivity index (χ1v) is 8.28. The zero-order valence-electron chi connectivity index (χ0n) is 13.3. The van der Waals surface area contributed by atoms with Crippen LogP contribution < -0.4 is 0 Å². The second-order valence-electron chi connectivity index (χ2n) is 6.00. The molecule has 0 fully saturated rings. The van der Waals surface area contributed by atoms with Crippen LogP contribution in [0.2, 0.25) is 0 Å². The van der Waals surface area contributed by atoms with Gasteiger partial charge in [0, 0.05) is 0 Å². The first-order chi connectivity index (χ1) is 10.3. The average molecular weight is 283 g/mol. The molecule has 0 saturated heterocycles. The van der Waals surface area contributed by atoms with E-state index in [1.165, 1.54) is 37.7 Å². The molecule has 0 aromatic heterocycles. The highest BCUT2D eigenvalue weighted by atomic mass is 15.0. The monoisotopic (exact) mass is 283 g/mol. The van der Waals surface area contributed by atoms with E-state index in [1.807, 2.05) is 12.4 Å². The molecule has 0 amide bonds. The number of hydrogen-bond donors (Lipinski definition) is 0. The summed E-state index contributed by atoms with van der Waals surface area (Å²) in [5, 5.41) is 0. The lowest BCUT2D eigenvalue weighted by Crippen LogP contribution is -2.19. The quantitative estimate of drug-likeness (QED) is 0.445. The Kier molecular flexibility index (Phi) is 6.52. The van der Waals surface area contributed by atoms with Gasteiger partial charge in [0.1, 0.15) is 0 Å². The Labute approximate surface area is 129 Å². The van der Waals surface area contributed by atoms with Crippen molar-refractivity contribution in [2.45, 2.75) is 52.4 Å². The topological polar surface area (TPSA) is 24.7 Å². The van der Waals surface area contributed by atoms with Crippen LogP contribution in [0.4, 0.5) is 0 Å². The standard InChI is InChI=1S/C19H27N2/c1-3-4-5-9-12-18(15-17-10-7-6-8-11-17)16(2)19-20-13-14-21-19/h6-8,10-11,13-14,16,18H,3-5,9,12,15H2,1-2H3/q+1. The number of aliphatic imine (C=N–C) groups is 2. The van der Waals surface area contributed by atoms with E-state index >= 15 is 0 Å². The number of hydrogen-bond acceptors (Lipinski definition) is 2. The summed E-state index contributed by atoms with van der Waals surface area (Å²) in [6.45, 7) is 4.55. The fourth-order valence-electron chi connectivity index (χ4n) is 2.98. The molecular formula is C19H27N2+. The molecule has 1 aromatic rings. The van der Waals surface area contributed by atoms with Gasteiger partial charge in [0.05, 0.1) is 5.92 Å². The van der Waals surface area contributed by atoms with E-state index in [0.29, 0.717) is 11.8 Å². The molecule has 2 atom stereocenters. The van der Waals surface area contributed by atoms with Crippen molar-refractivity contribution in [2.24, 2.45) is 21.8 Å². The molecule has 21 heavy (non-hydrogen) atoms. The SMILES string of the molecule is CCCCCCC(Cc1ccccc1)C(C)[C+]1N=CC=N1. The molecule has 0 saturated carbocycles. The maximum atomic E-state index is 4.41. The molecule has 1 heterocycles. The predicted octanol–water partition coefficient (Wildman–Crippen LogP) is 5.10. The molecule has 0 radical (unpaired) electrons. The summed E-state index contributed by atoms with van der Waals surface area (Å²) in [6, 6.07) is 10.8. The first kappa shape index (κ1) is 15.8. The number of rotatable bonds is 9. The molecule has 0 spiro atoms. The van der Waals surface area contributed by atoms with Gasteiger partial charge in [0.15, 0.2) is 12.4 Å². The minimum Gasteiger partial charge on any atom is -0.0965 e. The van der Waals surface area contributed by atoms with Crippen molar-refractivity contribution in [3.63, 3.8) is 0 Å². The number of benzene rings is 1. The van der Waals surface area contributed by atoms with E-state index < -0.39 is 0 Å². The number of nitrogens with zero attached hydrogens (tertiary/aromatic N) is 2. The molecule has 2 nitrogen and oxygen atoms in total. The Morgan fingerprint density at radius 2 is 1.71 bits per heavy atom. The summed E-state index contributed by atoms with van der Waals surface area (Å²) < 4.78 is 0. The normalized spacial score (nSPS) is 16.4. The van der Waals surface area contributed by atoms with Crippen molar-refractivity contribution in [3.8, 4) is 0 Å². The second kappa shape index (κ2) is 8.66. The molecule has 1 aliphatic heterocycles.